The van der Waals surface area contributed by atoms with E-state index in [9.17, 15) is 5.11 Å². The van der Waals surface area contributed by atoms with Crippen LogP contribution in [0.15, 0.2) is 18.2 Å². The highest BCUT2D eigenvalue weighted by Gasteiger charge is 2.39. The van der Waals surface area contributed by atoms with Gasteiger partial charge in [0.05, 0.1) is 18.2 Å². The third-order valence-corrected chi connectivity index (χ3v) is 3.43. The lowest BCUT2D eigenvalue weighted by Crippen LogP contribution is -2.02. The molecule has 15 heavy (non-hydrogen) atoms. The monoisotopic (exact) mass is 226 g/mol. The van der Waals surface area contributed by atoms with Crippen molar-refractivity contribution < 1.29 is 9.84 Å². The second kappa shape index (κ2) is 4.03. The maximum atomic E-state index is 10.0. The molecule has 2 rings (SSSR count). The Bertz CT molecular complexity index is 365. The van der Waals surface area contributed by atoms with Crippen molar-refractivity contribution in [2.45, 2.75) is 19.4 Å². The first kappa shape index (κ1) is 10.8. The maximum Gasteiger partial charge on any atom is 0.120 e. The van der Waals surface area contributed by atoms with Crippen molar-refractivity contribution in [3.63, 3.8) is 0 Å². The third-order valence-electron chi connectivity index (χ3n) is 3.10. The molecule has 0 aromatic heterocycles. The fourth-order valence-corrected chi connectivity index (χ4v) is 2.18. The van der Waals surface area contributed by atoms with E-state index in [2.05, 4.69) is 6.92 Å². The summed E-state index contributed by atoms with van der Waals surface area (Å²) >= 11 is 6.08. The zero-order valence-corrected chi connectivity index (χ0v) is 9.66. The van der Waals surface area contributed by atoms with Gasteiger partial charge in [0.15, 0.2) is 0 Å². The van der Waals surface area contributed by atoms with Gasteiger partial charge >= 0.3 is 0 Å². The summed E-state index contributed by atoms with van der Waals surface area (Å²) < 4.78 is 5.06. The zero-order valence-electron chi connectivity index (χ0n) is 8.90. The fourth-order valence-electron chi connectivity index (χ4n) is 1.90. The predicted molar refractivity (Wildman–Crippen MR) is 60.2 cm³/mol. The minimum atomic E-state index is -0.432. The summed E-state index contributed by atoms with van der Waals surface area (Å²) in [6.45, 7) is 2.14. The smallest absolute Gasteiger partial charge is 0.120 e. The van der Waals surface area contributed by atoms with E-state index in [0.717, 1.165) is 17.7 Å². The fraction of sp³-hybridized carbons (Fsp3) is 0.500. The number of aliphatic hydroxyl groups is 1. The van der Waals surface area contributed by atoms with Crippen LogP contribution in [-0.2, 0) is 0 Å². The summed E-state index contributed by atoms with van der Waals surface area (Å²) in [5, 5.41) is 10.6. The SMILES string of the molecule is COc1ccc(C(O)C2CC2C)c(Cl)c1. The van der Waals surface area contributed by atoms with Gasteiger partial charge in [-0.2, -0.15) is 0 Å². The van der Waals surface area contributed by atoms with Crippen LogP contribution in [0.5, 0.6) is 5.75 Å². The summed E-state index contributed by atoms with van der Waals surface area (Å²) in [7, 11) is 1.60. The lowest BCUT2D eigenvalue weighted by Gasteiger charge is -2.13. The number of hydrogen-bond donors (Lipinski definition) is 1. The first-order valence-electron chi connectivity index (χ1n) is 5.15. The van der Waals surface area contributed by atoms with E-state index in [4.69, 9.17) is 16.3 Å². The molecule has 0 heterocycles. The molecule has 3 atom stereocenters. The second-order valence-corrected chi connectivity index (χ2v) is 4.62. The maximum absolute atomic E-state index is 10.0. The van der Waals surface area contributed by atoms with Crippen LogP contribution in [0.3, 0.4) is 0 Å². The van der Waals surface area contributed by atoms with E-state index in [1.54, 1.807) is 13.2 Å². The Hall–Kier alpha value is -0.730. The average Bonchev–Trinajstić information content (AvgIpc) is 2.94. The minimum absolute atomic E-state index is 0.371. The topological polar surface area (TPSA) is 29.5 Å². The molecule has 1 aliphatic rings. The summed E-state index contributed by atoms with van der Waals surface area (Å²) in [5.74, 6) is 1.70. The lowest BCUT2D eigenvalue weighted by molar-refractivity contribution is 0.148. The van der Waals surface area contributed by atoms with Gasteiger partial charge in [-0.15, -0.1) is 0 Å². The van der Waals surface area contributed by atoms with Crippen molar-refractivity contribution in [2.75, 3.05) is 7.11 Å². The summed E-state index contributed by atoms with van der Waals surface area (Å²) in [6.07, 6.45) is 0.655. The van der Waals surface area contributed by atoms with Gasteiger partial charge in [-0.25, -0.2) is 0 Å². The molecular formula is C12H15ClO2. The highest BCUT2D eigenvalue weighted by atomic mass is 35.5. The van der Waals surface area contributed by atoms with Crippen LogP contribution in [0.1, 0.15) is 25.0 Å². The Balaban J connectivity index is 2.21. The van der Waals surface area contributed by atoms with E-state index in [1.165, 1.54) is 0 Å². The zero-order chi connectivity index (χ0) is 11.0. The van der Waals surface area contributed by atoms with E-state index < -0.39 is 6.10 Å². The highest BCUT2D eigenvalue weighted by Crippen LogP contribution is 2.48. The Kier molecular flexibility index (Phi) is 2.89. The Labute approximate surface area is 94.8 Å². The number of halogens is 1. The summed E-state index contributed by atoms with van der Waals surface area (Å²) in [4.78, 5) is 0. The Morgan fingerprint density at radius 2 is 2.20 bits per heavy atom. The van der Waals surface area contributed by atoms with Crippen molar-refractivity contribution in [3.8, 4) is 5.75 Å². The molecule has 0 saturated heterocycles. The average molecular weight is 227 g/mol. The van der Waals surface area contributed by atoms with Gasteiger partial charge in [0, 0.05) is 0 Å². The number of methoxy groups -OCH3 is 1. The molecule has 0 spiro atoms. The molecule has 0 bridgehead atoms. The van der Waals surface area contributed by atoms with Gasteiger partial charge in [-0.1, -0.05) is 24.6 Å². The van der Waals surface area contributed by atoms with E-state index in [-0.39, 0.29) is 0 Å². The molecule has 1 fully saturated rings. The molecule has 0 radical (unpaired) electrons. The van der Waals surface area contributed by atoms with E-state index in [1.807, 2.05) is 12.1 Å². The molecular weight excluding hydrogens is 212 g/mol. The molecule has 82 valence electrons. The molecule has 3 heteroatoms. The lowest BCUT2D eigenvalue weighted by atomic mass is 10.0. The highest BCUT2D eigenvalue weighted by molar-refractivity contribution is 6.31. The number of rotatable bonds is 3. The molecule has 1 aromatic rings. The summed E-state index contributed by atoms with van der Waals surface area (Å²) in [5.41, 5.74) is 0.812. The van der Waals surface area contributed by atoms with Crippen molar-refractivity contribution >= 4 is 11.6 Å². The standard InChI is InChI=1S/C12H15ClO2/c1-7-5-10(7)12(14)9-4-3-8(15-2)6-11(9)13/h3-4,6-7,10,12,14H,5H2,1-2H3. The van der Waals surface area contributed by atoms with Gasteiger partial charge in [0.1, 0.15) is 5.75 Å². The van der Waals surface area contributed by atoms with Crippen LogP contribution in [0.2, 0.25) is 5.02 Å². The molecule has 1 aliphatic carbocycles. The summed E-state index contributed by atoms with van der Waals surface area (Å²) in [6, 6.07) is 5.42. The molecule has 0 aliphatic heterocycles. The molecule has 1 saturated carbocycles. The molecule has 0 amide bonds. The first-order valence-corrected chi connectivity index (χ1v) is 5.52. The van der Waals surface area contributed by atoms with Crippen LogP contribution in [0.4, 0.5) is 0 Å². The molecule has 2 nitrogen and oxygen atoms in total. The number of ether oxygens (including phenoxy) is 1. The van der Waals surface area contributed by atoms with Crippen molar-refractivity contribution in [1.82, 2.24) is 0 Å². The van der Waals surface area contributed by atoms with Gasteiger partial charge in [0.25, 0.3) is 0 Å². The molecule has 3 unspecified atom stereocenters. The number of hydrogen-bond acceptors (Lipinski definition) is 2. The van der Waals surface area contributed by atoms with Crippen LogP contribution in [0, 0.1) is 11.8 Å². The molecule has 1 N–H and O–H groups in total. The third kappa shape index (κ3) is 2.11. The van der Waals surface area contributed by atoms with E-state index in [0.29, 0.717) is 16.9 Å². The normalized spacial score (nSPS) is 26.1. The quantitative estimate of drug-likeness (QED) is 0.859. The molecule has 1 aromatic carbocycles. The number of aliphatic hydroxyl groups excluding tert-OH is 1. The van der Waals surface area contributed by atoms with Crippen LogP contribution in [0.25, 0.3) is 0 Å². The van der Waals surface area contributed by atoms with Crippen molar-refractivity contribution in [1.29, 1.82) is 0 Å². The van der Waals surface area contributed by atoms with Gasteiger partial charge < -0.3 is 9.84 Å². The van der Waals surface area contributed by atoms with Crippen molar-refractivity contribution in [2.24, 2.45) is 11.8 Å². The van der Waals surface area contributed by atoms with Gasteiger partial charge in [-0.3, -0.25) is 0 Å². The van der Waals surface area contributed by atoms with Crippen molar-refractivity contribution in [3.05, 3.63) is 28.8 Å². The van der Waals surface area contributed by atoms with Crippen LogP contribution >= 0.6 is 11.6 Å². The first-order chi connectivity index (χ1) is 7.13. The Morgan fingerprint density at radius 3 is 2.67 bits per heavy atom. The Morgan fingerprint density at radius 1 is 1.53 bits per heavy atom. The second-order valence-electron chi connectivity index (χ2n) is 4.21. The number of benzene rings is 1. The van der Waals surface area contributed by atoms with Gasteiger partial charge in [0.2, 0.25) is 0 Å². The van der Waals surface area contributed by atoms with Crippen LogP contribution < -0.4 is 4.74 Å². The van der Waals surface area contributed by atoms with Crippen LogP contribution in [-0.4, -0.2) is 12.2 Å². The minimum Gasteiger partial charge on any atom is -0.497 e. The largest absolute Gasteiger partial charge is 0.497 e. The van der Waals surface area contributed by atoms with E-state index >= 15 is 0 Å². The predicted octanol–water partition coefficient (Wildman–Crippen LogP) is 3.04. The van der Waals surface area contributed by atoms with Gasteiger partial charge in [-0.05, 0) is 36.0 Å².